The number of hydrogen-bond acceptors (Lipinski definition) is 3. The van der Waals surface area contributed by atoms with Crippen molar-refractivity contribution in [2.45, 2.75) is 38.1 Å². The van der Waals surface area contributed by atoms with Crippen LogP contribution >= 0.6 is 0 Å². The summed E-state index contributed by atoms with van der Waals surface area (Å²) in [5, 5.41) is 5.84. The summed E-state index contributed by atoms with van der Waals surface area (Å²) in [6.07, 6.45) is 4.97. The SMILES string of the molecule is O=C(Nc1ccc2c(c1)CC(C(=O)NC1CCCC1)CO2)c1ccccc1F. The topological polar surface area (TPSA) is 67.4 Å². The highest BCUT2D eigenvalue weighted by Gasteiger charge is 2.28. The summed E-state index contributed by atoms with van der Waals surface area (Å²) in [6, 6.07) is 11.4. The zero-order chi connectivity index (χ0) is 19.5. The Balaban J connectivity index is 1.44. The fraction of sp³-hybridized carbons (Fsp3) is 0.364. The Hall–Kier alpha value is -2.89. The zero-order valence-electron chi connectivity index (χ0n) is 15.5. The van der Waals surface area contributed by atoms with Gasteiger partial charge in [-0.2, -0.15) is 0 Å². The minimum atomic E-state index is -0.565. The smallest absolute Gasteiger partial charge is 0.258 e. The first-order valence-electron chi connectivity index (χ1n) is 9.72. The van der Waals surface area contributed by atoms with Crippen LogP contribution in [0.15, 0.2) is 42.5 Å². The van der Waals surface area contributed by atoms with Crippen LogP contribution in [0.25, 0.3) is 0 Å². The van der Waals surface area contributed by atoms with Crippen LogP contribution in [0.5, 0.6) is 5.75 Å². The van der Waals surface area contributed by atoms with Crippen molar-refractivity contribution < 1.29 is 18.7 Å². The van der Waals surface area contributed by atoms with E-state index in [9.17, 15) is 14.0 Å². The van der Waals surface area contributed by atoms with Crippen LogP contribution in [0.4, 0.5) is 10.1 Å². The molecule has 1 heterocycles. The second kappa shape index (κ2) is 8.00. The van der Waals surface area contributed by atoms with E-state index in [-0.39, 0.29) is 23.4 Å². The lowest BCUT2D eigenvalue weighted by atomic mass is 9.95. The molecule has 0 radical (unpaired) electrons. The van der Waals surface area contributed by atoms with Gasteiger partial charge in [-0.05, 0) is 55.2 Å². The number of hydrogen-bond donors (Lipinski definition) is 2. The molecule has 1 aliphatic carbocycles. The molecule has 1 unspecified atom stereocenters. The van der Waals surface area contributed by atoms with Crippen molar-refractivity contribution in [2.75, 3.05) is 11.9 Å². The molecule has 2 N–H and O–H groups in total. The standard InChI is InChI=1S/C22H23FN2O3/c23-19-8-4-3-7-18(19)22(27)25-17-9-10-20-14(12-17)11-15(13-28-20)21(26)24-16-5-1-2-6-16/h3-4,7-10,12,15-16H,1-2,5-6,11,13H2,(H,24,26)(H,25,27). The van der Waals surface area contributed by atoms with Crippen molar-refractivity contribution in [3.05, 3.63) is 59.4 Å². The molecule has 4 rings (SSSR count). The van der Waals surface area contributed by atoms with E-state index in [1.165, 1.54) is 25.0 Å². The Kier molecular flexibility index (Phi) is 5.28. The van der Waals surface area contributed by atoms with E-state index in [0.29, 0.717) is 24.5 Å². The Bertz CT molecular complexity index is 893. The van der Waals surface area contributed by atoms with E-state index >= 15 is 0 Å². The Morgan fingerprint density at radius 3 is 2.64 bits per heavy atom. The van der Waals surface area contributed by atoms with E-state index < -0.39 is 11.7 Å². The van der Waals surface area contributed by atoms with Crippen LogP contribution in [0.3, 0.4) is 0 Å². The maximum atomic E-state index is 13.8. The number of amides is 2. The van der Waals surface area contributed by atoms with Crippen molar-refractivity contribution >= 4 is 17.5 Å². The predicted octanol–water partition coefficient (Wildman–Crippen LogP) is 3.69. The minimum absolute atomic E-state index is 0.00899. The summed E-state index contributed by atoms with van der Waals surface area (Å²) >= 11 is 0. The Labute approximate surface area is 163 Å². The van der Waals surface area contributed by atoms with Crippen LogP contribution in [0, 0.1) is 11.7 Å². The molecule has 0 bridgehead atoms. The Morgan fingerprint density at radius 2 is 1.86 bits per heavy atom. The summed E-state index contributed by atoms with van der Waals surface area (Å²) in [7, 11) is 0. The second-order valence-corrected chi connectivity index (χ2v) is 7.46. The van der Waals surface area contributed by atoms with E-state index in [2.05, 4.69) is 10.6 Å². The zero-order valence-corrected chi connectivity index (χ0v) is 15.5. The first-order chi connectivity index (χ1) is 13.6. The van der Waals surface area contributed by atoms with E-state index in [1.807, 2.05) is 0 Å². The first kappa shape index (κ1) is 18.5. The average molecular weight is 382 g/mol. The third-order valence-electron chi connectivity index (χ3n) is 5.42. The van der Waals surface area contributed by atoms with Gasteiger partial charge in [0.25, 0.3) is 5.91 Å². The van der Waals surface area contributed by atoms with Crippen molar-refractivity contribution in [3.63, 3.8) is 0 Å². The lowest BCUT2D eigenvalue weighted by Crippen LogP contribution is -2.41. The molecule has 1 saturated carbocycles. The van der Waals surface area contributed by atoms with Crippen LogP contribution in [-0.4, -0.2) is 24.5 Å². The van der Waals surface area contributed by atoms with Gasteiger partial charge in [0.2, 0.25) is 5.91 Å². The lowest BCUT2D eigenvalue weighted by Gasteiger charge is -2.26. The van der Waals surface area contributed by atoms with Crippen molar-refractivity contribution in [1.29, 1.82) is 0 Å². The van der Waals surface area contributed by atoms with Crippen LogP contribution in [-0.2, 0) is 11.2 Å². The van der Waals surface area contributed by atoms with Gasteiger partial charge in [-0.25, -0.2) is 4.39 Å². The van der Waals surface area contributed by atoms with Gasteiger partial charge in [-0.1, -0.05) is 25.0 Å². The number of ether oxygens (including phenoxy) is 1. The third-order valence-corrected chi connectivity index (χ3v) is 5.42. The molecule has 1 fully saturated rings. The molecule has 2 aromatic rings. The highest BCUT2D eigenvalue weighted by molar-refractivity contribution is 6.04. The molecule has 2 amide bonds. The number of carbonyl (C=O) groups is 2. The van der Waals surface area contributed by atoms with Gasteiger partial charge in [0.05, 0.1) is 11.5 Å². The maximum Gasteiger partial charge on any atom is 0.258 e. The summed E-state index contributed by atoms with van der Waals surface area (Å²) in [6.45, 7) is 0.354. The lowest BCUT2D eigenvalue weighted by molar-refractivity contribution is -0.127. The monoisotopic (exact) mass is 382 g/mol. The fourth-order valence-corrected chi connectivity index (χ4v) is 3.87. The molecular weight excluding hydrogens is 359 g/mol. The third kappa shape index (κ3) is 4.01. The predicted molar refractivity (Wildman–Crippen MR) is 104 cm³/mol. The summed E-state index contributed by atoms with van der Waals surface area (Å²) < 4.78 is 19.5. The highest BCUT2D eigenvalue weighted by Crippen LogP contribution is 2.30. The fourth-order valence-electron chi connectivity index (χ4n) is 3.87. The van der Waals surface area contributed by atoms with Crippen molar-refractivity contribution in [1.82, 2.24) is 5.32 Å². The van der Waals surface area contributed by atoms with E-state index in [0.717, 1.165) is 18.4 Å². The molecule has 2 aliphatic rings. The second-order valence-electron chi connectivity index (χ2n) is 7.46. The highest BCUT2D eigenvalue weighted by atomic mass is 19.1. The minimum Gasteiger partial charge on any atom is -0.492 e. The molecule has 0 saturated heterocycles. The summed E-state index contributed by atoms with van der Waals surface area (Å²) in [5.41, 5.74) is 1.40. The molecular formula is C22H23FN2O3. The van der Waals surface area contributed by atoms with Crippen LogP contribution in [0.1, 0.15) is 41.6 Å². The number of nitrogens with one attached hydrogen (secondary N) is 2. The van der Waals surface area contributed by atoms with E-state index in [4.69, 9.17) is 4.74 Å². The average Bonchev–Trinajstić information content (AvgIpc) is 3.20. The van der Waals surface area contributed by atoms with Crippen molar-refractivity contribution in [2.24, 2.45) is 5.92 Å². The summed E-state index contributed by atoms with van der Waals surface area (Å²) in [5.74, 6) is -0.576. The molecule has 2 aromatic carbocycles. The van der Waals surface area contributed by atoms with Gasteiger partial charge < -0.3 is 15.4 Å². The molecule has 1 atom stereocenters. The van der Waals surface area contributed by atoms with Crippen LogP contribution in [0.2, 0.25) is 0 Å². The first-order valence-corrected chi connectivity index (χ1v) is 9.72. The van der Waals surface area contributed by atoms with Crippen molar-refractivity contribution in [3.8, 4) is 5.75 Å². The molecule has 1 aliphatic heterocycles. The molecule has 28 heavy (non-hydrogen) atoms. The molecule has 146 valence electrons. The molecule has 5 nitrogen and oxygen atoms in total. The van der Waals surface area contributed by atoms with Gasteiger partial charge in [-0.15, -0.1) is 0 Å². The number of anilines is 1. The van der Waals surface area contributed by atoms with E-state index in [1.54, 1.807) is 30.3 Å². The molecule has 0 aromatic heterocycles. The number of fused-ring (bicyclic) bond motifs is 1. The van der Waals surface area contributed by atoms with Gasteiger partial charge in [0.15, 0.2) is 0 Å². The maximum absolute atomic E-state index is 13.8. The quantitative estimate of drug-likeness (QED) is 0.848. The van der Waals surface area contributed by atoms with Gasteiger partial charge >= 0.3 is 0 Å². The Morgan fingerprint density at radius 1 is 1.07 bits per heavy atom. The number of carbonyl (C=O) groups excluding carboxylic acids is 2. The van der Waals surface area contributed by atoms with Gasteiger partial charge in [-0.3, -0.25) is 9.59 Å². The normalized spacial score (nSPS) is 18.8. The number of halogens is 1. The van der Waals surface area contributed by atoms with Gasteiger partial charge in [0, 0.05) is 11.7 Å². The summed E-state index contributed by atoms with van der Waals surface area (Å²) in [4.78, 5) is 24.9. The van der Waals surface area contributed by atoms with Gasteiger partial charge in [0.1, 0.15) is 18.2 Å². The number of rotatable bonds is 4. The number of benzene rings is 2. The van der Waals surface area contributed by atoms with Crippen LogP contribution < -0.4 is 15.4 Å². The largest absolute Gasteiger partial charge is 0.492 e. The molecule has 0 spiro atoms. The molecule has 6 heteroatoms.